The molecule has 4 heteroatoms. The monoisotopic (exact) mass is 294 g/mol. The highest BCUT2D eigenvalue weighted by molar-refractivity contribution is 5.80. The molecule has 0 aromatic heterocycles. The van der Waals surface area contributed by atoms with Crippen LogP contribution < -0.4 is 0 Å². The molecule has 0 aromatic carbocycles. The van der Waals surface area contributed by atoms with Crippen molar-refractivity contribution in [3.8, 4) is 0 Å². The maximum absolute atomic E-state index is 12.8. The summed E-state index contributed by atoms with van der Waals surface area (Å²) in [5.74, 6) is 1.74. The highest BCUT2D eigenvalue weighted by Gasteiger charge is 2.46. The number of hydrogen-bond acceptors (Lipinski definition) is 2. The second-order valence-electron chi connectivity index (χ2n) is 7.94. The second-order valence-corrected chi connectivity index (χ2v) is 7.94. The average molecular weight is 294 g/mol. The molecule has 1 unspecified atom stereocenters. The largest absolute Gasteiger partial charge is 0.633 e. The van der Waals surface area contributed by atoms with Gasteiger partial charge in [-0.2, -0.15) is 0 Å². The summed E-state index contributed by atoms with van der Waals surface area (Å²) in [6.07, 6.45) is 8.68. The van der Waals surface area contributed by atoms with Crippen LogP contribution in [0.1, 0.15) is 58.3 Å². The van der Waals surface area contributed by atoms with Gasteiger partial charge < -0.3 is 15.1 Å². The molecule has 5 atom stereocenters. The molecule has 1 saturated heterocycles. The normalized spacial score (nSPS) is 44.5. The van der Waals surface area contributed by atoms with E-state index in [0.29, 0.717) is 24.3 Å². The van der Waals surface area contributed by atoms with E-state index in [9.17, 15) is 10.4 Å². The van der Waals surface area contributed by atoms with Gasteiger partial charge in [-0.3, -0.25) is 0 Å². The van der Waals surface area contributed by atoms with Gasteiger partial charge in [0.05, 0.1) is 19.6 Å². The third-order valence-electron chi connectivity index (χ3n) is 6.22. The molecule has 0 aromatic rings. The standard InChI is InChI=1S/C17H30N2O2/c1-13-10-14(12-15-6-3-4-8-18(15)20)16-7-5-9-19(2,21)17(16)11-13/h13-14,16-17H,3-12H2,1-2H3/t13-,14+,16-,17-,19?/m1/s1. The lowest BCUT2D eigenvalue weighted by Crippen LogP contribution is -2.58. The van der Waals surface area contributed by atoms with Gasteiger partial charge in [-0.25, -0.2) is 4.74 Å². The van der Waals surface area contributed by atoms with Gasteiger partial charge in [0.25, 0.3) is 0 Å². The van der Waals surface area contributed by atoms with Crippen LogP contribution in [0.2, 0.25) is 0 Å². The molecular weight excluding hydrogens is 264 g/mol. The van der Waals surface area contributed by atoms with Crippen molar-refractivity contribution >= 4 is 5.71 Å². The van der Waals surface area contributed by atoms with Gasteiger partial charge in [0, 0.05) is 31.6 Å². The first-order valence-electron chi connectivity index (χ1n) is 8.83. The lowest BCUT2D eigenvalue weighted by molar-refractivity contribution is -0.898. The first-order valence-corrected chi connectivity index (χ1v) is 8.83. The summed E-state index contributed by atoms with van der Waals surface area (Å²) < 4.78 is 1.22. The molecule has 3 rings (SSSR count). The second kappa shape index (κ2) is 5.88. The fourth-order valence-electron chi connectivity index (χ4n) is 5.16. The first kappa shape index (κ1) is 15.3. The Bertz CT molecular complexity index is 419. The maximum atomic E-state index is 12.8. The van der Waals surface area contributed by atoms with Gasteiger partial charge in [-0.05, 0) is 37.5 Å². The summed E-state index contributed by atoms with van der Waals surface area (Å²) >= 11 is 0. The zero-order chi connectivity index (χ0) is 15.0. The zero-order valence-electron chi connectivity index (χ0n) is 13.6. The van der Waals surface area contributed by atoms with Crippen molar-refractivity contribution in [1.82, 2.24) is 0 Å². The molecule has 1 saturated carbocycles. The number of rotatable bonds is 2. The number of likely N-dealkylation sites (tertiary alicyclic amines) is 1. The van der Waals surface area contributed by atoms with Crippen molar-refractivity contribution in [2.24, 2.45) is 17.8 Å². The molecule has 2 fully saturated rings. The summed E-state index contributed by atoms with van der Waals surface area (Å²) in [5, 5.41) is 24.8. The van der Waals surface area contributed by atoms with Crippen molar-refractivity contribution in [3.63, 3.8) is 0 Å². The molecule has 0 spiro atoms. The minimum atomic E-state index is -0.0398. The van der Waals surface area contributed by atoms with Crippen molar-refractivity contribution in [2.75, 3.05) is 20.1 Å². The van der Waals surface area contributed by atoms with Gasteiger partial charge in [0.2, 0.25) is 0 Å². The van der Waals surface area contributed by atoms with Crippen LogP contribution in [0.25, 0.3) is 0 Å². The lowest BCUT2D eigenvalue weighted by atomic mass is 9.66. The minimum absolute atomic E-state index is 0.0398. The van der Waals surface area contributed by atoms with E-state index in [1.165, 1.54) is 24.0 Å². The summed E-state index contributed by atoms with van der Waals surface area (Å²) in [7, 11) is 1.87. The SMILES string of the molecule is C[C@@H]1C[C@@H](CC2=[N+]([O-])CCCC2)[C@H]2CCC[N+](C)([O-])[C@@H]2C1. The Hall–Kier alpha value is -0.610. The molecule has 0 N–H and O–H groups in total. The molecule has 0 amide bonds. The van der Waals surface area contributed by atoms with Crippen LogP contribution in [0, 0.1) is 28.2 Å². The summed E-state index contributed by atoms with van der Waals surface area (Å²) in [4.78, 5) is 0. The quantitative estimate of drug-likeness (QED) is 0.446. The molecule has 120 valence electrons. The van der Waals surface area contributed by atoms with Crippen molar-refractivity contribution < 1.29 is 9.39 Å². The van der Waals surface area contributed by atoms with E-state index in [2.05, 4.69) is 6.92 Å². The van der Waals surface area contributed by atoms with E-state index >= 15 is 0 Å². The number of quaternary nitrogens is 1. The molecule has 2 heterocycles. The van der Waals surface area contributed by atoms with Gasteiger partial charge in [-0.15, -0.1) is 0 Å². The Morgan fingerprint density at radius 1 is 1.24 bits per heavy atom. The smallest absolute Gasteiger partial charge is 0.163 e. The van der Waals surface area contributed by atoms with E-state index < -0.39 is 0 Å². The number of piperidine rings is 1. The van der Waals surface area contributed by atoms with Gasteiger partial charge in [0.15, 0.2) is 12.3 Å². The average Bonchev–Trinajstić information content (AvgIpc) is 2.42. The Labute approximate surface area is 128 Å². The summed E-state index contributed by atoms with van der Waals surface area (Å²) in [5.41, 5.74) is 1.12. The van der Waals surface area contributed by atoms with E-state index in [1.807, 2.05) is 7.05 Å². The maximum Gasteiger partial charge on any atom is 0.163 e. The van der Waals surface area contributed by atoms with Gasteiger partial charge >= 0.3 is 0 Å². The number of nitrogens with zero attached hydrogens (tertiary/aromatic N) is 2. The third kappa shape index (κ3) is 3.11. The van der Waals surface area contributed by atoms with E-state index in [-0.39, 0.29) is 10.7 Å². The molecule has 0 bridgehead atoms. The molecule has 4 nitrogen and oxygen atoms in total. The van der Waals surface area contributed by atoms with Crippen LogP contribution in [-0.2, 0) is 0 Å². The lowest BCUT2D eigenvalue weighted by Gasteiger charge is -2.56. The van der Waals surface area contributed by atoms with Crippen LogP contribution in [0.15, 0.2) is 0 Å². The number of fused-ring (bicyclic) bond motifs is 1. The first-order chi connectivity index (χ1) is 9.97. The van der Waals surface area contributed by atoms with Crippen LogP contribution in [0.3, 0.4) is 0 Å². The van der Waals surface area contributed by atoms with Crippen LogP contribution in [-0.4, -0.2) is 41.3 Å². The fourth-order valence-corrected chi connectivity index (χ4v) is 5.16. The van der Waals surface area contributed by atoms with Crippen LogP contribution >= 0.6 is 0 Å². The predicted octanol–water partition coefficient (Wildman–Crippen LogP) is 3.28. The zero-order valence-corrected chi connectivity index (χ0v) is 13.6. The van der Waals surface area contributed by atoms with Crippen molar-refractivity contribution in [1.29, 1.82) is 0 Å². The highest BCUT2D eigenvalue weighted by atomic mass is 16.5. The summed E-state index contributed by atoms with van der Waals surface area (Å²) in [6.45, 7) is 3.75. The van der Waals surface area contributed by atoms with E-state index in [0.717, 1.165) is 44.4 Å². The van der Waals surface area contributed by atoms with E-state index in [1.54, 1.807) is 0 Å². The Kier molecular flexibility index (Phi) is 4.28. The highest BCUT2D eigenvalue weighted by Crippen LogP contribution is 2.45. The predicted molar refractivity (Wildman–Crippen MR) is 84.8 cm³/mol. The Morgan fingerprint density at radius 3 is 2.81 bits per heavy atom. The molecular formula is C17H30N2O2. The molecule has 0 radical (unpaired) electrons. The van der Waals surface area contributed by atoms with Crippen molar-refractivity contribution in [3.05, 3.63) is 10.4 Å². The van der Waals surface area contributed by atoms with Crippen molar-refractivity contribution in [2.45, 2.75) is 64.3 Å². The Balaban J connectivity index is 1.77. The number of hydrogen-bond donors (Lipinski definition) is 0. The number of hydroxylamine groups is 4. The fraction of sp³-hybridized carbons (Fsp3) is 0.941. The summed E-state index contributed by atoms with van der Waals surface area (Å²) in [6, 6.07) is 0.275. The topological polar surface area (TPSA) is 49.1 Å². The molecule has 21 heavy (non-hydrogen) atoms. The molecule has 2 aliphatic heterocycles. The minimum Gasteiger partial charge on any atom is -0.633 e. The molecule has 3 aliphatic rings. The van der Waals surface area contributed by atoms with E-state index in [4.69, 9.17) is 0 Å². The molecule has 1 aliphatic carbocycles. The van der Waals surface area contributed by atoms with Gasteiger partial charge in [0.1, 0.15) is 0 Å². The van der Waals surface area contributed by atoms with Crippen LogP contribution in [0.5, 0.6) is 0 Å². The third-order valence-corrected chi connectivity index (χ3v) is 6.22. The van der Waals surface area contributed by atoms with Gasteiger partial charge in [-0.1, -0.05) is 6.92 Å². The Morgan fingerprint density at radius 2 is 2.05 bits per heavy atom. The van der Waals surface area contributed by atoms with Crippen LogP contribution in [0.4, 0.5) is 0 Å².